The van der Waals surface area contributed by atoms with Gasteiger partial charge < -0.3 is 14.8 Å². The maximum absolute atomic E-state index is 13.6. The highest BCUT2D eigenvalue weighted by atomic mass is 32.2. The number of hydrogen-bond acceptors (Lipinski definition) is 7. The minimum Gasteiger partial charge on any atom is -0.495 e. The van der Waals surface area contributed by atoms with Crippen molar-refractivity contribution in [3.8, 4) is 11.5 Å². The Hall–Kier alpha value is -4.12. The maximum atomic E-state index is 13.6. The number of anilines is 2. The number of benzene rings is 3. The Labute approximate surface area is 203 Å². The van der Waals surface area contributed by atoms with Crippen LogP contribution in [0.1, 0.15) is 12.5 Å². The van der Waals surface area contributed by atoms with E-state index >= 15 is 0 Å². The molecule has 10 nitrogen and oxygen atoms in total. The molecule has 184 valence electrons. The van der Waals surface area contributed by atoms with Gasteiger partial charge in [-0.1, -0.05) is 29.8 Å². The van der Waals surface area contributed by atoms with Crippen LogP contribution in [-0.4, -0.2) is 39.5 Å². The summed E-state index contributed by atoms with van der Waals surface area (Å²) in [4.78, 5) is 23.6. The van der Waals surface area contributed by atoms with Crippen molar-refractivity contribution >= 4 is 33.0 Å². The molecular weight excluding hydrogens is 474 g/mol. The highest BCUT2D eigenvalue weighted by molar-refractivity contribution is 7.92. The number of non-ortho nitro benzene ring substituents is 1. The molecule has 0 aliphatic rings. The second-order valence-corrected chi connectivity index (χ2v) is 9.28. The molecule has 0 radical (unpaired) electrons. The molecule has 0 unspecified atom stereocenters. The number of hydrogen-bond donors (Lipinski definition) is 1. The summed E-state index contributed by atoms with van der Waals surface area (Å²) < 4.78 is 39.0. The molecule has 1 amide bonds. The number of aryl methyl sites for hydroxylation is 1. The third-order valence-electron chi connectivity index (χ3n) is 5.00. The molecule has 0 bridgehead atoms. The van der Waals surface area contributed by atoms with E-state index in [4.69, 9.17) is 9.47 Å². The van der Waals surface area contributed by atoms with Crippen molar-refractivity contribution in [1.82, 2.24) is 0 Å². The van der Waals surface area contributed by atoms with Crippen molar-refractivity contribution in [2.24, 2.45) is 0 Å². The molecular formula is C24H25N3O7S. The van der Waals surface area contributed by atoms with Crippen LogP contribution in [0, 0.1) is 17.0 Å². The van der Waals surface area contributed by atoms with Crippen LogP contribution in [0.4, 0.5) is 17.1 Å². The van der Waals surface area contributed by atoms with Crippen LogP contribution in [0.5, 0.6) is 11.5 Å². The summed E-state index contributed by atoms with van der Waals surface area (Å²) in [6.45, 7) is 3.26. The Kier molecular flexibility index (Phi) is 7.92. The van der Waals surface area contributed by atoms with Gasteiger partial charge in [0.1, 0.15) is 18.0 Å². The number of nitrogens with one attached hydrogen (secondary N) is 1. The second kappa shape index (κ2) is 10.9. The number of carbonyl (C=O) groups is 1. The number of sulfonamides is 1. The first-order valence-corrected chi connectivity index (χ1v) is 12.0. The molecule has 3 aromatic carbocycles. The van der Waals surface area contributed by atoms with Crippen molar-refractivity contribution in [2.45, 2.75) is 18.7 Å². The predicted molar refractivity (Wildman–Crippen MR) is 132 cm³/mol. The van der Waals surface area contributed by atoms with Crippen LogP contribution in [0.2, 0.25) is 0 Å². The predicted octanol–water partition coefficient (Wildman–Crippen LogP) is 4.14. The number of ether oxygens (including phenoxy) is 2. The Balaban J connectivity index is 2.03. The first-order chi connectivity index (χ1) is 16.7. The second-order valence-electron chi connectivity index (χ2n) is 7.42. The van der Waals surface area contributed by atoms with E-state index in [-0.39, 0.29) is 40.1 Å². The van der Waals surface area contributed by atoms with Gasteiger partial charge in [0.2, 0.25) is 5.91 Å². The lowest BCUT2D eigenvalue weighted by Crippen LogP contribution is -2.38. The molecule has 0 aromatic heterocycles. The number of para-hydroxylation sites is 2. The summed E-state index contributed by atoms with van der Waals surface area (Å²) in [6, 6.07) is 16.4. The van der Waals surface area contributed by atoms with Crippen LogP contribution in [0.3, 0.4) is 0 Å². The van der Waals surface area contributed by atoms with Crippen LogP contribution in [0.15, 0.2) is 71.6 Å². The van der Waals surface area contributed by atoms with E-state index in [1.807, 2.05) is 6.92 Å². The minimum absolute atomic E-state index is 0.00451. The third kappa shape index (κ3) is 5.87. The van der Waals surface area contributed by atoms with Gasteiger partial charge >= 0.3 is 0 Å². The minimum atomic E-state index is -4.18. The quantitative estimate of drug-likeness (QED) is 0.328. The average molecular weight is 500 g/mol. The van der Waals surface area contributed by atoms with Gasteiger partial charge in [0.15, 0.2) is 0 Å². The van der Waals surface area contributed by atoms with Crippen molar-refractivity contribution in [1.29, 1.82) is 0 Å². The summed E-state index contributed by atoms with van der Waals surface area (Å²) in [6.07, 6.45) is 0. The van der Waals surface area contributed by atoms with E-state index in [2.05, 4.69) is 5.32 Å². The van der Waals surface area contributed by atoms with Gasteiger partial charge in [-0.2, -0.15) is 0 Å². The van der Waals surface area contributed by atoms with Gasteiger partial charge in [-0.05, 0) is 44.2 Å². The zero-order chi connectivity index (χ0) is 25.6. The Morgan fingerprint density at radius 3 is 2.37 bits per heavy atom. The largest absolute Gasteiger partial charge is 0.495 e. The summed E-state index contributed by atoms with van der Waals surface area (Å²) in [5.74, 6) is -0.260. The highest BCUT2D eigenvalue weighted by Crippen LogP contribution is 2.33. The standard InChI is InChI=1S/C24H25N3O7S/c1-4-34-23-8-6-5-7-21(23)26(35(31,32)19-12-9-17(2)10-13-19)16-24(28)25-20-15-18(27(29)30)11-14-22(20)33-3/h5-15H,4,16H2,1-3H3,(H,25,28). The Morgan fingerprint density at radius 2 is 1.74 bits per heavy atom. The van der Waals surface area contributed by atoms with E-state index in [1.165, 1.54) is 37.4 Å². The molecule has 0 atom stereocenters. The smallest absolute Gasteiger partial charge is 0.271 e. The van der Waals surface area contributed by atoms with Crippen LogP contribution < -0.4 is 19.1 Å². The van der Waals surface area contributed by atoms with Crippen molar-refractivity contribution in [2.75, 3.05) is 29.9 Å². The first-order valence-electron chi connectivity index (χ1n) is 10.6. The summed E-state index contributed by atoms with van der Waals surface area (Å²) in [7, 11) is -2.83. The van der Waals surface area contributed by atoms with Crippen LogP contribution in [0.25, 0.3) is 0 Å². The molecule has 1 N–H and O–H groups in total. The summed E-state index contributed by atoms with van der Waals surface area (Å²) in [5.41, 5.74) is 0.834. The monoisotopic (exact) mass is 499 g/mol. The number of nitro benzene ring substituents is 1. The number of nitro groups is 1. The van der Waals surface area contributed by atoms with Gasteiger partial charge in [0.25, 0.3) is 15.7 Å². The van der Waals surface area contributed by atoms with Crippen molar-refractivity contribution in [3.63, 3.8) is 0 Å². The highest BCUT2D eigenvalue weighted by Gasteiger charge is 2.30. The van der Waals surface area contributed by atoms with Crippen LogP contribution in [-0.2, 0) is 14.8 Å². The lowest BCUT2D eigenvalue weighted by atomic mass is 10.2. The number of methoxy groups -OCH3 is 1. The molecule has 0 aliphatic heterocycles. The third-order valence-corrected chi connectivity index (χ3v) is 6.77. The molecule has 0 fully saturated rings. The van der Waals surface area contributed by atoms with Crippen LogP contribution >= 0.6 is 0 Å². The van der Waals surface area contributed by atoms with E-state index in [9.17, 15) is 23.3 Å². The Bertz CT molecular complexity index is 1330. The molecule has 11 heteroatoms. The fourth-order valence-electron chi connectivity index (χ4n) is 3.31. The zero-order valence-corrected chi connectivity index (χ0v) is 20.2. The van der Waals surface area contributed by atoms with E-state index < -0.39 is 27.4 Å². The molecule has 0 aliphatic carbocycles. The molecule has 0 heterocycles. The average Bonchev–Trinajstić information content (AvgIpc) is 2.83. The number of rotatable bonds is 10. The lowest BCUT2D eigenvalue weighted by Gasteiger charge is -2.26. The Morgan fingerprint density at radius 1 is 1.06 bits per heavy atom. The first kappa shape index (κ1) is 25.5. The zero-order valence-electron chi connectivity index (χ0n) is 19.4. The number of nitrogens with zero attached hydrogens (tertiary/aromatic N) is 2. The molecule has 0 saturated heterocycles. The number of amides is 1. The molecule has 35 heavy (non-hydrogen) atoms. The van der Waals surface area contributed by atoms with Gasteiger partial charge in [-0.25, -0.2) is 8.42 Å². The molecule has 0 spiro atoms. The van der Waals surface area contributed by atoms with Gasteiger partial charge in [0.05, 0.1) is 34.9 Å². The normalized spacial score (nSPS) is 10.9. The summed E-state index contributed by atoms with van der Waals surface area (Å²) in [5, 5.41) is 13.7. The fourth-order valence-corrected chi connectivity index (χ4v) is 4.74. The lowest BCUT2D eigenvalue weighted by molar-refractivity contribution is -0.384. The SMILES string of the molecule is CCOc1ccccc1N(CC(=O)Nc1cc([N+](=O)[O-])ccc1OC)S(=O)(=O)c1ccc(C)cc1. The number of carbonyl (C=O) groups excluding carboxylic acids is 1. The van der Waals surface area contributed by atoms with E-state index in [0.717, 1.165) is 15.9 Å². The molecule has 3 aromatic rings. The van der Waals surface area contributed by atoms with Crippen molar-refractivity contribution in [3.05, 3.63) is 82.4 Å². The molecule has 0 saturated carbocycles. The molecule has 3 rings (SSSR count). The maximum Gasteiger partial charge on any atom is 0.271 e. The van der Waals surface area contributed by atoms with Gasteiger partial charge in [-0.3, -0.25) is 19.2 Å². The van der Waals surface area contributed by atoms with E-state index in [1.54, 1.807) is 37.3 Å². The van der Waals surface area contributed by atoms with Gasteiger partial charge in [0, 0.05) is 12.1 Å². The summed E-state index contributed by atoms with van der Waals surface area (Å²) >= 11 is 0. The van der Waals surface area contributed by atoms with Gasteiger partial charge in [-0.15, -0.1) is 0 Å². The van der Waals surface area contributed by atoms with Crippen molar-refractivity contribution < 1.29 is 27.6 Å². The fraction of sp³-hybridized carbons (Fsp3) is 0.208. The topological polar surface area (TPSA) is 128 Å². The van der Waals surface area contributed by atoms with E-state index in [0.29, 0.717) is 0 Å².